The van der Waals surface area contributed by atoms with E-state index in [2.05, 4.69) is 156 Å². The van der Waals surface area contributed by atoms with Crippen molar-refractivity contribution in [3.05, 3.63) is 158 Å². The molecule has 2 heteroatoms. The third-order valence-electron chi connectivity index (χ3n) is 8.36. The first-order chi connectivity index (χ1) is 20.7. The summed E-state index contributed by atoms with van der Waals surface area (Å²) in [6, 6.07) is 48.2. The Bertz CT molecular complexity index is 2080. The SMILES string of the molecule is C=Cc1cc(C=C)cc(-c2cc(-n3c4ccccc4c4ccccc43)cc(-n3c4ccccc4c4ccccc43)c2)c1. The molecule has 0 N–H and O–H groups in total. The average Bonchev–Trinajstić information content (AvgIpc) is 3.57. The van der Waals surface area contributed by atoms with Gasteiger partial charge in [0.05, 0.1) is 22.1 Å². The van der Waals surface area contributed by atoms with Crippen LogP contribution in [0.1, 0.15) is 11.1 Å². The van der Waals surface area contributed by atoms with Gasteiger partial charge in [-0.15, -0.1) is 0 Å². The number of hydrogen-bond donors (Lipinski definition) is 0. The van der Waals surface area contributed by atoms with Gasteiger partial charge in [0.2, 0.25) is 0 Å². The number of nitrogens with zero attached hydrogens (tertiary/aromatic N) is 2. The van der Waals surface area contributed by atoms with Crippen molar-refractivity contribution in [1.82, 2.24) is 9.13 Å². The molecule has 0 spiro atoms. The summed E-state index contributed by atoms with van der Waals surface area (Å²) in [6.07, 6.45) is 3.81. The van der Waals surface area contributed by atoms with Crippen molar-refractivity contribution in [1.29, 1.82) is 0 Å². The number of benzene rings is 6. The number of aromatic nitrogens is 2. The van der Waals surface area contributed by atoms with Crippen molar-refractivity contribution in [3.8, 4) is 22.5 Å². The molecule has 0 saturated carbocycles. The monoisotopic (exact) mass is 536 g/mol. The molecule has 8 rings (SSSR count). The summed E-state index contributed by atoms with van der Waals surface area (Å²) < 4.78 is 4.80. The van der Waals surface area contributed by atoms with Crippen LogP contribution in [0.2, 0.25) is 0 Å². The minimum atomic E-state index is 1.07. The van der Waals surface area contributed by atoms with E-state index in [0.29, 0.717) is 0 Å². The lowest BCUT2D eigenvalue weighted by Gasteiger charge is -2.16. The van der Waals surface area contributed by atoms with Crippen LogP contribution in [0.4, 0.5) is 0 Å². The number of hydrogen-bond acceptors (Lipinski definition) is 0. The van der Waals surface area contributed by atoms with Crippen LogP contribution in [-0.2, 0) is 0 Å². The summed E-state index contributed by atoms with van der Waals surface area (Å²) in [6.45, 7) is 8.10. The normalized spacial score (nSPS) is 11.5. The molecule has 0 saturated heterocycles. The summed E-state index contributed by atoms with van der Waals surface area (Å²) >= 11 is 0. The number of rotatable bonds is 5. The minimum Gasteiger partial charge on any atom is -0.309 e. The van der Waals surface area contributed by atoms with Crippen LogP contribution in [0.15, 0.2) is 147 Å². The van der Waals surface area contributed by atoms with Gasteiger partial charge in [-0.3, -0.25) is 0 Å². The molecule has 0 amide bonds. The van der Waals surface area contributed by atoms with E-state index < -0.39 is 0 Å². The summed E-state index contributed by atoms with van der Waals surface area (Å²) in [4.78, 5) is 0. The Balaban J connectivity index is 1.51. The lowest BCUT2D eigenvalue weighted by atomic mass is 9.98. The Hall–Kier alpha value is -5.60. The fourth-order valence-electron chi connectivity index (χ4n) is 6.50. The van der Waals surface area contributed by atoms with Gasteiger partial charge in [0, 0.05) is 32.9 Å². The Labute approximate surface area is 244 Å². The van der Waals surface area contributed by atoms with Crippen molar-refractivity contribution in [2.45, 2.75) is 0 Å². The van der Waals surface area contributed by atoms with Crippen LogP contribution in [0.3, 0.4) is 0 Å². The molecule has 6 aromatic carbocycles. The highest BCUT2D eigenvalue weighted by Gasteiger charge is 2.17. The van der Waals surface area contributed by atoms with Crippen molar-refractivity contribution in [3.63, 3.8) is 0 Å². The van der Waals surface area contributed by atoms with Gasteiger partial charge in [-0.1, -0.05) is 98.1 Å². The first-order valence-electron chi connectivity index (χ1n) is 14.3. The molecule has 0 aliphatic rings. The first-order valence-corrected chi connectivity index (χ1v) is 14.3. The van der Waals surface area contributed by atoms with Crippen molar-refractivity contribution in [2.75, 3.05) is 0 Å². The molecule has 0 aliphatic heterocycles. The van der Waals surface area contributed by atoms with Crippen molar-refractivity contribution >= 4 is 55.8 Å². The van der Waals surface area contributed by atoms with Crippen LogP contribution in [0.5, 0.6) is 0 Å². The van der Waals surface area contributed by atoms with E-state index in [4.69, 9.17) is 0 Å². The van der Waals surface area contributed by atoms with Gasteiger partial charge in [-0.2, -0.15) is 0 Å². The fraction of sp³-hybridized carbons (Fsp3) is 0. The quantitative estimate of drug-likeness (QED) is 0.207. The molecule has 0 radical (unpaired) electrons. The standard InChI is InChI=1S/C40H28N2/c1-3-27-21-28(4-2)23-29(22-27)30-24-31(41-37-17-9-5-13-33(37)34-14-6-10-18-38(34)41)26-32(25-30)42-39-19-11-7-15-35(39)36-16-8-12-20-40(36)42/h3-26H,1-2H2. The lowest BCUT2D eigenvalue weighted by molar-refractivity contribution is 1.13. The number of para-hydroxylation sites is 4. The maximum atomic E-state index is 4.05. The zero-order valence-electron chi connectivity index (χ0n) is 23.2. The van der Waals surface area contributed by atoms with Crippen molar-refractivity contribution < 1.29 is 0 Å². The predicted octanol–water partition coefficient (Wildman–Crippen LogP) is 10.8. The first kappa shape index (κ1) is 24.2. The smallest absolute Gasteiger partial charge is 0.0541 e. The Morgan fingerprint density at radius 1 is 0.381 bits per heavy atom. The van der Waals surface area contributed by atoms with Gasteiger partial charge >= 0.3 is 0 Å². The van der Waals surface area contributed by atoms with E-state index >= 15 is 0 Å². The molecule has 2 aromatic heterocycles. The van der Waals surface area contributed by atoms with Crippen LogP contribution in [-0.4, -0.2) is 9.13 Å². The second-order valence-electron chi connectivity index (χ2n) is 10.8. The highest BCUT2D eigenvalue weighted by molar-refractivity contribution is 6.10. The maximum absolute atomic E-state index is 4.05. The zero-order chi connectivity index (χ0) is 28.2. The predicted molar refractivity (Wildman–Crippen MR) is 181 cm³/mol. The molecular formula is C40H28N2. The molecule has 0 fully saturated rings. The molecule has 0 atom stereocenters. The Morgan fingerprint density at radius 2 is 0.714 bits per heavy atom. The van der Waals surface area contributed by atoms with Gasteiger partial charge in [0.15, 0.2) is 0 Å². The van der Waals surface area contributed by atoms with E-state index in [1.165, 1.54) is 43.6 Å². The molecule has 2 nitrogen and oxygen atoms in total. The highest BCUT2D eigenvalue weighted by atomic mass is 15.0. The highest BCUT2D eigenvalue weighted by Crippen LogP contribution is 2.38. The van der Waals surface area contributed by atoms with Gasteiger partial charge in [0.1, 0.15) is 0 Å². The van der Waals surface area contributed by atoms with Crippen LogP contribution < -0.4 is 0 Å². The van der Waals surface area contributed by atoms with Crippen LogP contribution >= 0.6 is 0 Å². The van der Waals surface area contributed by atoms with Crippen LogP contribution in [0.25, 0.3) is 78.3 Å². The molecule has 42 heavy (non-hydrogen) atoms. The summed E-state index contributed by atoms with van der Waals surface area (Å²) in [5.41, 5.74) is 11.4. The van der Waals surface area contributed by atoms with E-state index in [9.17, 15) is 0 Å². The third kappa shape index (κ3) is 3.66. The minimum absolute atomic E-state index is 1.07. The molecule has 0 bridgehead atoms. The third-order valence-corrected chi connectivity index (χ3v) is 8.36. The van der Waals surface area contributed by atoms with E-state index in [0.717, 1.165) is 33.6 Å². The van der Waals surface area contributed by atoms with Gasteiger partial charge < -0.3 is 9.13 Å². The lowest BCUT2D eigenvalue weighted by Crippen LogP contribution is -2.00. The Kier molecular flexibility index (Phi) is 5.48. The molecule has 2 heterocycles. The van der Waals surface area contributed by atoms with E-state index in [1.54, 1.807) is 0 Å². The Morgan fingerprint density at radius 3 is 1.07 bits per heavy atom. The van der Waals surface area contributed by atoms with Crippen LogP contribution in [0, 0.1) is 0 Å². The molecule has 0 unspecified atom stereocenters. The summed E-state index contributed by atoms with van der Waals surface area (Å²) in [7, 11) is 0. The number of fused-ring (bicyclic) bond motifs is 6. The largest absolute Gasteiger partial charge is 0.309 e. The van der Waals surface area contributed by atoms with Gasteiger partial charge in [-0.05, 0) is 82.9 Å². The summed E-state index contributed by atoms with van der Waals surface area (Å²) in [5, 5.41) is 5.00. The van der Waals surface area contributed by atoms with Gasteiger partial charge in [-0.25, -0.2) is 0 Å². The average molecular weight is 537 g/mol. The molecule has 198 valence electrons. The van der Waals surface area contributed by atoms with E-state index in [1.807, 2.05) is 12.2 Å². The zero-order valence-corrected chi connectivity index (χ0v) is 23.2. The van der Waals surface area contributed by atoms with Crippen molar-refractivity contribution in [2.24, 2.45) is 0 Å². The maximum Gasteiger partial charge on any atom is 0.0541 e. The molecule has 0 aliphatic carbocycles. The topological polar surface area (TPSA) is 9.86 Å². The van der Waals surface area contributed by atoms with E-state index in [-0.39, 0.29) is 0 Å². The second kappa shape index (κ2) is 9.50. The second-order valence-corrected chi connectivity index (χ2v) is 10.8. The fourth-order valence-corrected chi connectivity index (χ4v) is 6.50. The molecular weight excluding hydrogens is 508 g/mol. The summed E-state index contributed by atoms with van der Waals surface area (Å²) in [5.74, 6) is 0. The molecule has 8 aromatic rings. The van der Waals surface area contributed by atoms with Gasteiger partial charge in [0.25, 0.3) is 0 Å².